The summed E-state index contributed by atoms with van der Waals surface area (Å²) in [6, 6.07) is 57.6. The van der Waals surface area contributed by atoms with Gasteiger partial charge in [0.25, 0.3) is 0 Å². The van der Waals surface area contributed by atoms with Crippen LogP contribution in [0, 0.1) is 0 Å². The molecule has 0 saturated heterocycles. The van der Waals surface area contributed by atoms with E-state index in [2.05, 4.69) is 161 Å². The number of para-hydroxylation sites is 3. The number of fused-ring (bicyclic) bond motifs is 10. The molecule has 0 aliphatic rings. The van der Waals surface area contributed by atoms with Gasteiger partial charge >= 0.3 is 0 Å². The van der Waals surface area contributed by atoms with Crippen molar-refractivity contribution in [1.82, 2.24) is 19.5 Å². The third-order valence-corrected chi connectivity index (χ3v) is 11.2. The van der Waals surface area contributed by atoms with E-state index in [1.807, 2.05) is 29.5 Å². The second-order valence-electron chi connectivity index (χ2n) is 13.1. The molecule has 0 atom stereocenters. The van der Waals surface area contributed by atoms with E-state index >= 15 is 0 Å². The van der Waals surface area contributed by atoms with Gasteiger partial charge < -0.3 is 0 Å². The predicted octanol–water partition coefficient (Wildman–Crippen LogP) is 11.3. The van der Waals surface area contributed by atoms with Crippen molar-refractivity contribution in [2.45, 2.75) is 0 Å². The zero-order valence-corrected chi connectivity index (χ0v) is 28.6. The Morgan fingerprint density at radius 2 is 1.08 bits per heavy atom. The molecule has 0 saturated carbocycles. The molecule has 0 N–H and O–H groups in total. The Morgan fingerprint density at radius 3 is 1.83 bits per heavy atom. The van der Waals surface area contributed by atoms with Crippen LogP contribution in [0.25, 0.3) is 98.1 Å². The Hall–Kier alpha value is -6.76. The lowest BCUT2D eigenvalue weighted by Gasteiger charge is -2.11. The van der Waals surface area contributed by atoms with E-state index < -0.39 is 0 Å². The highest BCUT2D eigenvalue weighted by Gasteiger charge is 2.22. The van der Waals surface area contributed by atoms with Gasteiger partial charge in [-0.15, -0.1) is 11.3 Å². The van der Waals surface area contributed by atoms with Gasteiger partial charge in [-0.3, -0.25) is 4.57 Å². The molecule has 0 aliphatic carbocycles. The molecule has 5 nitrogen and oxygen atoms in total. The van der Waals surface area contributed by atoms with Gasteiger partial charge in [0.05, 0.1) is 16.4 Å². The first-order valence-corrected chi connectivity index (χ1v) is 18.2. The average Bonchev–Trinajstić information content (AvgIpc) is 3.76. The minimum Gasteiger partial charge on any atom is -0.278 e. The lowest BCUT2D eigenvalue weighted by atomic mass is 10.00. The maximum atomic E-state index is 5.25. The lowest BCUT2D eigenvalue weighted by molar-refractivity contribution is -0.565. The number of thiophene rings is 1. The Bertz CT molecular complexity index is 3130. The first-order valence-electron chi connectivity index (χ1n) is 17.4. The first kappa shape index (κ1) is 29.0. The fourth-order valence-corrected chi connectivity index (χ4v) is 8.86. The maximum Gasteiger partial charge on any atom is 0.238 e. The molecule has 0 bridgehead atoms. The van der Waals surface area contributed by atoms with Crippen molar-refractivity contribution >= 4 is 75.0 Å². The topological polar surface area (TPSA) is 47.5 Å². The van der Waals surface area contributed by atoms with Crippen LogP contribution in [0.4, 0.5) is 0 Å². The summed E-state index contributed by atoms with van der Waals surface area (Å²) in [4.78, 5) is 15.5. The van der Waals surface area contributed by atoms with Crippen LogP contribution in [0.5, 0.6) is 0 Å². The van der Waals surface area contributed by atoms with Crippen molar-refractivity contribution in [2.24, 2.45) is 0 Å². The Labute approximate surface area is 302 Å². The summed E-state index contributed by atoms with van der Waals surface area (Å²) in [6.45, 7) is 0. The van der Waals surface area contributed by atoms with Crippen LogP contribution >= 0.6 is 11.3 Å². The Morgan fingerprint density at radius 1 is 0.462 bits per heavy atom. The van der Waals surface area contributed by atoms with Gasteiger partial charge in [-0.05, 0) is 42.5 Å². The summed E-state index contributed by atoms with van der Waals surface area (Å²) in [6.07, 6.45) is 2.25. The second-order valence-corrected chi connectivity index (χ2v) is 14.2. The summed E-state index contributed by atoms with van der Waals surface area (Å²) in [5, 5.41) is 8.45. The Balaban J connectivity index is 1.20. The van der Waals surface area contributed by atoms with Crippen LogP contribution in [-0.4, -0.2) is 19.5 Å². The number of hydrogen-bond acceptors (Lipinski definition) is 4. The molecule has 0 spiro atoms. The molecule has 0 fully saturated rings. The highest BCUT2D eigenvalue weighted by atomic mass is 32.1. The number of pyridine rings is 1. The fraction of sp³-hybridized carbons (Fsp3) is 0. The highest BCUT2D eigenvalue weighted by Crippen LogP contribution is 2.42. The molecule has 6 heteroatoms. The molecule has 11 rings (SSSR count). The maximum absolute atomic E-state index is 5.25. The molecule has 242 valence electrons. The minimum atomic E-state index is 0.594. The van der Waals surface area contributed by atoms with Crippen molar-refractivity contribution in [1.29, 1.82) is 0 Å². The number of nitrogens with zero attached hydrogens (tertiary/aromatic N) is 5. The molecule has 0 aliphatic heterocycles. The molecule has 4 aromatic heterocycles. The van der Waals surface area contributed by atoms with E-state index in [4.69, 9.17) is 15.0 Å². The van der Waals surface area contributed by atoms with Crippen LogP contribution in [0.1, 0.15) is 0 Å². The summed E-state index contributed by atoms with van der Waals surface area (Å²) >= 11 is 1.83. The molecular formula is C46H28N5S+. The monoisotopic (exact) mass is 682 g/mol. The number of benzene rings is 7. The molecular weight excluding hydrogens is 655 g/mol. The first-order chi connectivity index (χ1) is 25.8. The summed E-state index contributed by atoms with van der Waals surface area (Å²) in [5.74, 6) is 1.87. The molecule has 11 aromatic rings. The fourth-order valence-electron chi connectivity index (χ4n) is 7.77. The van der Waals surface area contributed by atoms with Gasteiger partial charge in [0.1, 0.15) is 0 Å². The highest BCUT2D eigenvalue weighted by molar-refractivity contribution is 7.26. The minimum absolute atomic E-state index is 0.594. The number of aromatic nitrogens is 5. The Kier molecular flexibility index (Phi) is 6.35. The zero-order chi connectivity index (χ0) is 34.2. The molecule has 7 aromatic carbocycles. The molecule has 4 heterocycles. The van der Waals surface area contributed by atoms with Gasteiger partial charge in [-0.1, -0.05) is 103 Å². The summed E-state index contributed by atoms with van der Waals surface area (Å²) < 4.78 is 6.97. The van der Waals surface area contributed by atoms with Gasteiger partial charge in [-0.25, -0.2) is 4.98 Å². The molecule has 0 radical (unpaired) electrons. The van der Waals surface area contributed by atoms with Crippen molar-refractivity contribution in [2.75, 3.05) is 0 Å². The van der Waals surface area contributed by atoms with Crippen molar-refractivity contribution in [3.8, 4) is 34.4 Å². The third kappa shape index (κ3) is 4.41. The van der Waals surface area contributed by atoms with Crippen molar-refractivity contribution < 1.29 is 4.57 Å². The quantitative estimate of drug-likeness (QED) is 0.137. The SMILES string of the molecule is c1ccc(-c2nc(-c3ccc4sc5ccc6c(c7ccccc7c[n+]6-c6ccccc6)c5c4c3)nc(-n3c4ccccc4c4ccccc43)n2)cc1. The van der Waals surface area contributed by atoms with E-state index in [0.29, 0.717) is 17.6 Å². The predicted molar refractivity (Wildman–Crippen MR) is 214 cm³/mol. The second kappa shape index (κ2) is 11.4. The molecule has 0 unspecified atom stereocenters. The van der Waals surface area contributed by atoms with Gasteiger partial charge in [0, 0.05) is 71.0 Å². The largest absolute Gasteiger partial charge is 0.278 e. The van der Waals surface area contributed by atoms with Crippen LogP contribution in [0.3, 0.4) is 0 Å². The van der Waals surface area contributed by atoms with E-state index in [1.165, 1.54) is 52.6 Å². The third-order valence-electron chi connectivity index (χ3n) is 10.1. The smallest absolute Gasteiger partial charge is 0.238 e. The summed E-state index contributed by atoms with van der Waals surface area (Å²) in [7, 11) is 0. The van der Waals surface area contributed by atoms with E-state index in [-0.39, 0.29) is 0 Å². The summed E-state index contributed by atoms with van der Waals surface area (Å²) in [5.41, 5.74) is 6.31. The zero-order valence-electron chi connectivity index (χ0n) is 27.8. The molecule has 52 heavy (non-hydrogen) atoms. The van der Waals surface area contributed by atoms with Crippen molar-refractivity contribution in [3.63, 3.8) is 0 Å². The van der Waals surface area contributed by atoms with Crippen LogP contribution < -0.4 is 4.57 Å². The normalized spacial score (nSPS) is 11.8. The van der Waals surface area contributed by atoms with Gasteiger partial charge in [0.15, 0.2) is 17.8 Å². The van der Waals surface area contributed by atoms with Crippen LogP contribution in [0.2, 0.25) is 0 Å². The van der Waals surface area contributed by atoms with E-state index in [0.717, 1.165) is 27.8 Å². The number of rotatable bonds is 4. The van der Waals surface area contributed by atoms with Gasteiger partial charge in [0.2, 0.25) is 17.2 Å². The van der Waals surface area contributed by atoms with Crippen molar-refractivity contribution in [3.05, 3.63) is 170 Å². The lowest BCUT2D eigenvalue weighted by Crippen LogP contribution is -2.31. The van der Waals surface area contributed by atoms with Crippen LogP contribution in [-0.2, 0) is 0 Å². The van der Waals surface area contributed by atoms with E-state index in [9.17, 15) is 0 Å². The van der Waals surface area contributed by atoms with Gasteiger partial charge in [-0.2, -0.15) is 14.5 Å². The average molecular weight is 683 g/mol. The molecule has 0 amide bonds. The number of hydrogen-bond donors (Lipinski definition) is 0. The van der Waals surface area contributed by atoms with Crippen LogP contribution in [0.15, 0.2) is 170 Å². The standard InChI is InChI=1S/C46H28N5S/c1-3-13-29(14-4-1)44-47-45(49-46(48-44)51-37-21-11-9-19-34(37)35-20-10-12-22-38(35)51)30-23-25-40-36(27-30)43-41(52-40)26-24-39-42(43)33-18-8-7-15-31(33)28-50(39)32-16-5-2-6-17-32/h1-28H/q+1. The van der Waals surface area contributed by atoms with E-state index in [1.54, 1.807) is 0 Å².